The predicted molar refractivity (Wildman–Crippen MR) is 55.8 cm³/mol. The van der Waals surface area contributed by atoms with Crippen LogP contribution in [0.2, 0.25) is 0 Å². The van der Waals surface area contributed by atoms with Crippen LogP contribution in [0, 0.1) is 0 Å². The van der Waals surface area contributed by atoms with Gasteiger partial charge in [-0.3, -0.25) is 4.79 Å². The fourth-order valence-corrected chi connectivity index (χ4v) is 1.33. The summed E-state index contributed by atoms with van der Waals surface area (Å²) in [6.45, 7) is 4.02. The molecule has 0 aliphatic carbocycles. The van der Waals surface area contributed by atoms with E-state index in [1.165, 1.54) is 19.2 Å². The van der Waals surface area contributed by atoms with E-state index in [0.717, 1.165) is 0 Å². The van der Waals surface area contributed by atoms with Gasteiger partial charge in [-0.05, 0) is 12.1 Å². The van der Waals surface area contributed by atoms with E-state index < -0.39 is 0 Å². The van der Waals surface area contributed by atoms with Crippen molar-refractivity contribution in [1.29, 1.82) is 0 Å². The Balaban J connectivity index is 0.000000531. The zero-order chi connectivity index (χ0) is 11.4. The second-order valence-electron chi connectivity index (χ2n) is 2.71. The van der Waals surface area contributed by atoms with Crippen molar-refractivity contribution in [3.8, 4) is 17.2 Å². The van der Waals surface area contributed by atoms with Gasteiger partial charge in [-0.15, -0.1) is 0 Å². The van der Waals surface area contributed by atoms with Crippen molar-refractivity contribution in [3.63, 3.8) is 0 Å². The Hall–Kier alpha value is -1.71. The number of phenols is 1. The highest BCUT2D eigenvalue weighted by molar-refractivity contribution is 6.03. The molecule has 0 aromatic heterocycles. The van der Waals surface area contributed by atoms with Crippen LogP contribution in [0.25, 0.3) is 0 Å². The second-order valence-corrected chi connectivity index (χ2v) is 2.71. The summed E-state index contributed by atoms with van der Waals surface area (Å²) in [5.41, 5.74) is 0.467. The summed E-state index contributed by atoms with van der Waals surface area (Å²) < 4.78 is 9.99. The zero-order valence-corrected chi connectivity index (χ0v) is 9.03. The van der Waals surface area contributed by atoms with Crippen molar-refractivity contribution in [2.24, 2.45) is 0 Å². The summed E-state index contributed by atoms with van der Waals surface area (Å²) >= 11 is 0. The number of hydrogen-bond donors (Lipinski definition) is 1. The van der Waals surface area contributed by atoms with Crippen LogP contribution < -0.4 is 9.47 Å². The molecule has 0 bridgehead atoms. The molecule has 4 heteroatoms. The van der Waals surface area contributed by atoms with E-state index in [2.05, 4.69) is 0 Å². The third kappa shape index (κ3) is 1.88. The van der Waals surface area contributed by atoms with Crippen LogP contribution in [0.15, 0.2) is 12.1 Å². The van der Waals surface area contributed by atoms with Crippen LogP contribution in [0.4, 0.5) is 0 Å². The number of phenolic OH excluding ortho intramolecular Hbond substituents is 1. The quantitative estimate of drug-likeness (QED) is 0.770. The van der Waals surface area contributed by atoms with Crippen molar-refractivity contribution in [2.45, 2.75) is 13.8 Å². The first-order valence-corrected chi connectivity index (χ1v) is 4.80. The van der Waals surface area contributed by atoms with Crippen molar-refractivity contribution >= 4 is 5.78 Å². The number of carbonyl (C=O) groups is 1. The molecule has 82 valence electrons. The fraction of sp³-hybridized carbons (Fsp3) is 0.364. The smallest absolute Gasteiger partial charge is 0.204 e. The maximum Gasteiger partial charge on any atom is 0.204 e. The van der Waals surface area contributed by atoms with Gasteiger partial charge in [-0.25, -0.2) is 0 Å². The van der Waals surface area contributed by atoms with Gasteiger partial charge in [0, 0.05) is 0 Å². The lowest BCUT2D eigenvalue weighted by molar-refractivity contribution is 0.0960. The third-order valence-electron chi connectivity index (χ3n) is 1.94. The normalized spacial score (nSPS) is 12.3. The number of methoxy groups -OCH3 is 1. The Bertz CT molecular complexity index is 371. The van der Waals surface area contributed by atoms with Crippen molar-refractivity contribution in [2.75, 3.05) is 13.7 Å². The van der Waals surface area contributed by atoms with Crippen LogP contribution in [0.1, 0.15) is 24.2 Å². The molecule has 0 saturated heterocycles. The van der Waals surface area contributed by atoms with E-state index in [4.69, 9.17) is 9.47 Å². The summed E-state index contributed by atoms with van der Waals surface area (Å²) in [4.78, 5) is 11.2. The van der Waals surface area contributed by atoms with Gasteiger partial charge in [0.25, 0.3) is 0 Å². The Morgan fingerprint density at radius 3 is 2.67 bits per heavy atom. The molecular formula is C11H14O4. The van der Waals surface area contributed by atoms with E-state index in [0.29, 0.717) is 11.3 Å². The molecule has 1 aliphatic rings. The monoisotopic (exact) mass is 210 g/mol. The molecule has 0 atom stereocenters. The molecule has 15 heavy (non-hydrogen) atoms. The second kappa shape index (κ2) is 4.68. The van der Waals surface area contributed by atoms with Gasteiger partial charge in [0.05, 0.1) is 12.7 Å². The Morgan fingerprint density at radius 2 is 2.07 bits per heavy atom. The lowest BCUT2D eigenvalue weighted by Gasteiger charge is -2.06. The van der Waals surface area contributed by atoms with Crippen LogP contribution in [0.3, 0.4) is 0 Å². The number of ketones is 1. The number of Topliss-reactive ketones (excluding diaryl/α,β-unsaturated/α-hetero) is 1. The minimum absolute atomic E-state index is 0.0176. The highest BCUT2D eigenvalue weighted by Crippen LogP contribution is 2.41. The average molecular weight is 210 g/mol. The summed E-state index contributed by atoms with van der Waals surface area (Å²) in [6.07, 6.45) is 0. The molecule has 1 aromatic carbocycles. The molecule has 4 nitrogen and oxygen atoms in total. The van der Waals surface area contributed by atoms with E-state index >= 15 is 0 Å². The highest BCUT2D eigenvalue weighted by Gasteiger charge is 2.26. The van der Waals surface area contributed by atoms with Gasteiger partial charge in [-0.1, -0.05) is 13.8 Å². The molecule has 0 fully saturated rings. The van der Waals surface area contributed by atoms with Gasteiger partial charge in [0.15, 0.2) is 18.1 Å². The molecule has 0 amide bonds. The van der Waals surface area contributed by atoms with Crippen molar-refractivity contribution in [1.82, 2.24) is 0 Å². The first-order chi connectivity index (χ1) is 7.24. The first kappa shape index (κ1) is 11.4. The topological polar surface area (TPSA) is 55.8 Å². The fourth-order valence-electron chi connectivity index (χ4n) is 1.33. The minimum Gasteiger partial charge on any atom is -0.504 e. The molecule has 0 saturated carbocycles. The van der Waals surface area contributed by atoms with Crippen LogP contribution >= 0.6 is 0 Å². The molecule has 1 aromatic rings. The maximum atomic E-state index is 11.2. The van der Waals surface area contributed by atoms with Crippen molar-refractivity contribution < 1.29 is 19.4 Å². The van der Waals surface area contributed by atoms with E-state index in [1.807, 2.05) is 13.8 Å². The number of benzene rings is 1. The number of rotatable bonds is 1. The summed E-state index contributed by atoms with van der Waals surface area (Å²) in [7, 11) is 1.42. The Morgan fingerprint density at radius 1 is 1.40 bits per heavy atom. The average Bonchev–Trinajstić information content (AvgIpc) is 2.63. The molecule has 2 rings (SSSR count). The molecule has 0 radical (unpaired) electrons. The number of aromatic hydroxyl groups is 1. The Kier molecular flexibility index (Phi) is 3.55. The van der Waals surface area contributed by atoms with Crippen LogP contribution in [-0.4, -0.2) is 24.6 Å². The van der Waals surface area contributed by atoms with Gasteiger partial charge < -0.3 is 14.6 Å². The summed E-state index contributed by atoms with van der Waals surface area (Å²) in [5.74, 6) is 0.458. The molecular weight excluding hydrogens is 196 g/mol. The molecule has 0 spiro atoms. The lowest BCUT2D eigenvalue weighted by Crippen LogP contribution is -1.98. The van der Waals surface area contributed by atoms with E-state index in [1.54, 1.807) is 0 Å². The zero-order valence-electron chi connectivity index (χ0n) is 9.03. The first-order valence-electron chi connectivity index (χ1n) is 4.80. The molecule has 0 unspecified atom stereocenters. The van der Waals surface area contributed by atoms with Gasteiger partial charge in [-0.2, -0.15) is 0 Å². The number of ether oxygens (including phenoxy) is 2. The molecule has 1 heterocycles. The lowest BCUT2D eigenvalue weighted by atomic mass is 10.1. The molecule has 1 aliphatic heterocycles. The van der Waals surface area contributed by atoms with E-state index in [-0.39, 0.29) is 23.9 Å². The molecule has 1 N–H and O–H groups in total. The number of fused-ring (bicyclic) bond motifs is 1. The van der Waals surface area contributed by atoms with Gasteiger partial charge >= 0.3 is 0 Å². The minimum atomic E-state index is -0.0895. The van der Waals surface area contributed by atoms with Gasteiger partial charge in [0.2, 0.25) is 11.5 Å². The third-order valence-corrected chi connectivity index (χ3v) is 1.94. The number of carbonyl (C=O) groups excluding carboxylic acids is 1. The number of hydrogen-bond acceptors (Lipinski definition) is 4. The summed E-state index contributed by atoms with van der Waals surface area (Å²) in [5, 5.41) is 9.34. The standard InChI is InChI=1S/C9H8O4.C2H6/c1-12-9-6(10)3-2-5-7(11)4-13-8(5)9;1-2/h2-3,10H,4H2,1H3;1-2H3. The van der Waals surface area contributed by atoms with Crippen LogP contribution in [-0.2, 0) is 0 Å². The largest absolute Gasteiger partial charge is 0.504 e. The van der Waals surface area contributed by atoms with Gasteiger partial charge in [0.1, 0.15) is 0 Å². The SMILES string of the molecule is CC.COc1c(O)ccc2c1OCC2=O. The van der Waals surface area contributed by atoms with Crippen LogP contribution in [0.5, 0.6) is 17.2 Å². The maximum absolute atomic E-state index is 11.2. The predicted octanol–water partition coefficient (Wildman–Crippen LogP) is 2.00. The summed E-state index contributed by atoms with van der Waals surface area (Å²) in [6, 6.07) is 2.95. The highest BCUT2D eigenvalue weighted by atomic mass is 16.5. The Labute approximate surface area is 88.4 Å². The van der Waals surface area contributed by atoms with Crippen molar-refractivity contribution in [3.05, 3.63) is 17.7 Å². The van der Waals surface area contributed by atoms with E-state index in [9.17, 15) is 9.90 Å².